The van der Waals surface area contributed by atoms with Crippen molar-refractivity contribution in [1.82, 2.24) is 4.98 Å². The molecule has 0 saturated carbocycles. The lowest BCUT2D eigenvalue weighted by molar-refractivity contribution is 0.101. The van der Waals surface area contributed by atoms with Crippen LogP contribution in [0.1, 0.15) is 0 Å². The zero-order chi connectivity index (χ0) is 8.97. The molecular formula is C8H14N2O2. The lowest BCUT2D eigenvalue weighted by Gasteiger charge is -2.19. The molecule has 3 N–H and O–H groups in total. The second-order valence-electron chi connectivity index (χ2n) is 2.79. The van der Waals surface area contributed by atoms with E-state index in [-0.39, 0.29) is 6.61 Å². The van der Waals surface area contributed by atoms with E-state index in [1.54, 1.807) is 0 Å². The molecule has 0 amide bonds. The highest BCUT2D eigenvalue weighted by molar-refractivity contribution is 5.43. The highest BCUT2D eigenvalue weighted by atomic mass is 16.3. The van der Waals surface area contributed by atoms with E-state index >= 15 is 0 Å². The minimum absolute atomic E-state index is 0.200. The van der Waals surface area contributed by atoms with E-state index in [4.69, 9.17) is 10.2 Å². The fourth-order valence-corrected chi connectivity index (χ4v) is 1.03. The van der Waals surface area contributed by atoms with Gasteiger partial charge in [0.05, 0.1) is 18.4 Å². The average molecular weight is 170 g/mol. The van der Waals surface area contributed by atoms with Crippen molar-refractivity contribution >= 4 is 5.69 Å². The predicted molar refractivity (Wildman–Crippen MR) is 47.2 cm³/mol. The number of rotatable bonds is 4. The van der Waals surface area contributed by atoms with Crippen LogP contribution in [0.3, 0.4) is 0 Å². The maximum Gasteiger partial charge on any atom is 0.0945 e. The maximum absolute atomic E-state index is 9.13. The van der Waals surface area contributed by atoms with Gasteiger partial charge < -0.3 is 20.1 Å². The molecule has 0 bridgehead atoms. The monoisotopic (exact) mass is 170 g/mol. The van der Waals surface area contributed by atoms with Crippen molar-refractivity contribution in [3.05, 3.63) is 18.5 Å². The molecule has 0 aromatic carbocycles. The van der Waals surface area contributed by atoms with E-state index in [0.717, 1.165) is 5.69 Å². The number of anilines is 1. The zero-order valence-corrected chi connectivity index (χ0v) is 7.07. The molecule has 0 aliphatic heterocycles. The van der Waals surface area contributed by atoms with Crippen LogP contribution in [0.4, 0.5) is 5.69 Å². The smallest absolute Gasteiger partial charge is 0.0945 e. The first-order valence-corrected chi connectivity index (χ1v) is 3.87. The van der Waals surface area contributed by atoms with Crippen LogP contribution < -0.4 is 4.90 Å². The normalized spacial score (nSPS) is 12.9. The Kier molecular flexibility index (Phi) is 3.13. The Morgan fingerprint density at radius 2 is 2.42 bits per heavy atom. The number of nitrogens with zero attached hydrogens (tertiary/aromatic N) is 1. The second kappa shape index (κ2) is 4.13. The van der Waals surface area contributed by atoms with Gasteiger partial charge in [-0.25, -0.2) is 0 Å². The number of aliphatic hydroxyl groups excluding tert-OH is 2. The van der Waals surface area contributed by atoms with E-state index in [0.29, 0.717) is 6.54 Å². The van der Waals surface area contributed by atoms with E-state index in [9.17, 15) is 0 Å². The van der Waals surface area contributed by atoms with Crippen LogP contribution >= 0.6 is 0 Å². The molecule has 68 valence electrons. The number of aromatic nitrogens is 1. The summed E-state index contributed by atoms with van der Waals surface area (Å²) in [5, 5.41) is 17.7. The van der Waals surface area contributed by atoms with Crippen LogP contribution in [0.5, 0.6) is 0 Å². The lowest BCUT2D eigenvalue weighted by Crippen LogP contribution is -2.30. The fraction of sp³-hybridized carbons (Fsp3) is 0.500. The molecule has 1 aromatic heterocycles. The highest BCUT2D eigenvalue weighted by Gasteiger charge is 2.06. The second-order valence-corrected chi connectivity index (χ2v) is 2.79. The fourth-order valence-electron chi connectivity index (χ4n) is 1.03. The van der Waals surface area contributed by atoms with Gasteiger partial charge in [-0.2, -0.15) is 0 Å². The van der Waals surface area contributed by atoms with Gasteiger partial charge in [0.1, 0.15) is 0 Å². The first-order chi connectivity index (χ1) is 5.74. The quantitative estimate of drug-likeness (QED) is 0.586. The Morgan fingerprint density at radius 3 is 2.92 bits per heavy atom. The maximum atomic E-state index is 9.13. The Morgan fingerprint density at radius 1 is 1.67 bits per heavy atom. The predicted octanol–water partition coefficient (Wildman–Crippen LogP) is -0.196. The van der Waals surface area contributed by atoms with Crippen LogP contribution in [0.15, 0.2) is 18.5 Å². The SMILES string of the molecule is CN(CC(O)CO)c1cc[nH]c1. The van der Waals surface area contributed by atoms with Crippen LogP contribution in [0, 0.1) is 0 Å². The van der Waals surface area contributed by atoms with E-state index in [1.165, 1.54) is 0 Å². The summed E-state index contributed by atoms with van der Waals surface area (Å²) >= 11 is 0. The Labute approximate surface area is 71.4 Å². The number of nitrogens with one attached hydrogen (secondary N) is 1. The number of likely N-dealkylation sites (N-methyl/N-ethyl adjacent to an activating group) is 1. The van der Waals surface area contributed by atoms with Crippen LogP contribution in [0.2, 0.25) is 0 Å². The standard InChI is InChI=1S/C8H14N2O2/c1-10(5-8(12)6-11)7-2-3-9-4-7/h2-4,8-9,11-12H,5-6H2,1H3. The average Bonchev–Trinajstić information content (AvgIpc) is 2.56. The highest BCUT2D eigenvalue weighted by Crippen LogP contribution is 2.09. The number of hydrogen-bond acceptors (Lipinski definition) is 3. The third-order valence-corrected chi connectivity index (χ3v) is 1.72. The largest absolute Gasteiger partial charge is 0.394 e. The summed E-state index contributed by atoms with van der Waals surface area (Å²) in [6, 6.07) is 1.91. The van der Waals surface area contributed by atoms with Gasteiger partial charge in [-0.3, -0.25) is 0 Å². The minimum atomic E-state index is -0.676. The van der Waals surface area contributed by atoms with Crippen LogP contribution in [0.25, 0.3) is 0 Å². The van der Waals surface area contributed by atoms with Crippen molar-refractivity contribution in [2.24, 2.45) is 0 Å². The van der Waals surface area contributed by atoms with Crippen molar-refractivity contribution in [2.75, 3.05) is 25.1 Å². The Hall–Kier alpha value is -1.00. The van der Waals surface area contributed by atoms with Crippen molar-refractivity contribution in [2.45, 2.75) is 6.10 Å². The lowest BCUT2D eigenvalue weighted by atomic mass is 10.3. The summed E-state index contributed by atoms with van der Waals surface area (Å²) < 4.78 is 0. The van der Waals surface area contributed by atoms with Gasteiger partial charge in [0.25, 0.3) is 0 Å². The van der Waals surface area contributed by atoms with Crippen molar-refractivity contribution in [3.8, 4) is 0 Å². The molecular weight excluding hydrogens is 156 g/mol. The van der Waals surface area contributed by atoms with Crippen molar-refractivity contribution in [1.29, 1.82) is 0 Å². The Bertz CT molecular complexity index is 211. The third kappa shape index (κ3) is 2.25. The summed E-state index contributed by atoms with van der Waals surface area (Å²) in [5.74, 6) is 0. The molecule has 1 rings (SSSR count). The zero-order valence-electron chi connectivity index (χ0n) is 7.07. The first kappa shape index (κ1) is 9.09. The molecule has 0 fully saturated rings. The molecule has 0 aliphatic carbocycles. The molecule has 12 heavy (non-hydrogen) atoms. The molecule has 1 heterocycles. The third-order valence-electron chi connectivity index (χ3n) is 1.72. The molecule has 0 saturated heterocycles. The summed E-state index contributed by atoms with van der Waals surface area (Å²) in [7, 11) is 1.86. The first-order valence-electron chi connectivity index (χ1n) is 3.87. The van der Waals surface area contributed by atoms with E-state index < -0.39 is 6.10 Å². The van der Waals surface area contributed by atoms with Gasteiger partial charge >= 0.3 is 0 Å². The number of aliphatic hydroxyl groups is 2. The van der Waals surface area contributed by atoms with Gasteiger partial charge in [0, 0.05) is 26.0 Å². The van der Waals surface area contributed by atoms with Crippen molar-refractivity contribution < 1.29 is 10.2 Å². The molecule has 1 atom stereocenters. The Balaban J connectivity index is 2.44. The van der Waals surface area contributed by atoms with Gasteiger partial charge in [-0.1, -0.05) is 0 Å². The number of H-pyrrole nitrogens is 1. The molecule has 1 unspecified atom stereocenters. The molecule has 0 spiro atoms. The van der Waals surface area contributed by atoms with Crippen molar-refractivity contribution in [3.63, 3.8) is 0 Å². The summed E-state index contributed by atoms with van der Waals surface area (Å²) in [6.07, 6.45) is 2.98. The molecule has 1 aromatic rings. The van der Waals surface area contributed by atoms with Gasteiger partial charge in [0.2, 0.25) is 0 Å². The summed E-state index contributed by atoms with van der Waals surface area (Å²) in [5.41, 5.74) is 1.00. The van der Waals surface area contributed by atoms with E-state index in [1.807, 2.05) is 30.4 Å². The number of hydrogen-bond donors (Lipinski definition) is 3. The van der Waals surface area contributed by atoms with Crippen LogP contribution in [-0.4, -0.2) is 41.5 Å². The molecule has 4 heteroatoms. The topological polar surface area (TPSA) is 59.5 Å². The van der Waals surface area contributed by atoms with Gasteiger partial charge in [-0.05, 0) is 6.07 Å². The molecule has 4 nitrogen and oxygen atoms in total. The van der Waals surface area contributed by atoms with Gasteiger partial charge in [0.15, 0.2) is 0 Å². The number of aromatic amines is 1. The summed E-state index contributed by atoms with van der Waals surface area (Å²) in [4.78, 5) is 4.79. The summed E-state index contributed by atoms with van der Waals surface area (Å²) in [6.45, 7) is 0.239. The van der Waals surface area contributed by atoms with E-state index in [2.05, 4.69) is 4.98 Å². The molecule has 0 aliphatic rings. The molecule has 0 radical (unpaired) electrons. The van der Waals surface area contributed by atoms with Gasteiger partial charge in [-0.15, -0.1) is 0 Å². The van der Waals surface area contributed by atoms with Crippen LogP contribution in [-0.2, 0) is 0 Å². The minimum Gasteiger partial charge on any atom is -0.394 e.